The molecule has 6 nitrogen and oxygen atoms in total. The summed E-state index contributed by atoms with van der Waals surface area (Å²) in [5.74, 6) is 0.756. The highest BCUT2D eigenvalue weighted by Gasteiger charge is 2.18. The number of rotatable bonds is 4. The number of aromatic nitrogens is 1. The van der Waals surface area contributed by atoms with Gasteiger partial charge in [0.2, 0.25) is 5.82 Å². The van der Waals surface area contributed by atoms with Crippen LogP contribution in [0, 0.1) is 23.0 Å². The van der Waals surface area contributed by atoms with Crippen LogP contribution in [0.5, 0.6) is 0 Å². The molecule has 0 radical (unpaired) electrons. The Morgan fingerprint density at radius 1 is 1.61 bits per heavy atom. The van der Waals surface area contributed by atoms with Crippen LogP contribution in [0.15, 0.2) is 12.1 Å². The first kappa shape index (κ1) is 12.8. The summed E-state index contributed by atoms with van der Waals surface area (Å²) in [7, 11) is 0. The fraction of sp³-hybridized carbons (Fsp3) is 0.583. The summed E-state index contributed by atoms with van der Waals surface area (Å²) in [6, 6.07) is 3.13. The van der Waals surface area contributed by atoms with Gasteiger partial charge in [-0.05, 0) is 31.7 Å². The van der Waals surface area contributed by atoms with E-state index in [9.17, 15) is 10.1 Å². The molecular weight excluding hydrogens is 234 g/mol. The van der Waals surface area contributed by atoms with Crippen molar-refractivity contribution in [3.63, 3.8) is 0 Å². The Bertz CT molecular complexity index is 431. The van der Waals surface area contributed by atoms with Crippen LogP contribution in [0.1, 0.15) is 18.5 Å². The Kier molecular flexibility index (Phi) is 4.09. The van der Waals surface area contributed by atoms with E-state index in [-0.39, 0.29) is 5.69 Å². The van der Waals surface area contributed by atoms with Crippen LogP contribution in [-0.2, 0) is 4.74 Å². The van der Waals surface area contributed by atoms with Gasteiger partial charge in [0, 0.05) is 24.9 Å². The van der Waals surface area contributed by atoms with Crippen molar-refractivity contribution in [1.82, 2.24) is 4.98 Å². The largest absolute Gasteiger partial charge is 0.381 e. The second-order valence-corrected chi connectivity index (χ2v) is 4.54. The fourth-order valence-electron chi connectivity index (χ4n) is 2.04. The maximum absolute atomic E-state index is 10.9. The third kappa shape index (κ3) is 3.16. The summed E-state index contributed by atoms with van der Waals surface area (Å²) >= 11 is 0. The second-order valence-electron chi connectivity index (χ2n) is 4.54. The van der Waals surface area contributed by atoms with Gasteiger partial charge in [0.25, 0.3) is 0 Å². The van der Waals surface area contributed by atoms with Crippen molar-refractivity contribution in [2.75, 3.05) is 25.1 Å². The fourth-order valence-corrected chi connectivity index (χ4v) is 2.04. The number of aryl methyl sites for hydroxylation is 1. The number of hydrogen-bond acceptors (Lipinski definition) is 5. The maximum Gasteiger partial charge on any atom is 0.311 e. The SMILES string of the molecule is Cc1ccc([N+](=O)[O-])c(NCC2CCCOC2)n1. The molecule has 1 atom stereocenters. The first-order valence-corrected chi connectivity index (χ1v) is 6.10. The number of nitrogens with one attached hydrogen (secondary N) is 1. The highest BCUT2D eigenvalue weighted by atomic mass is 16.6. The molecule has 98 valence electrons. The summed E-state index contributed by atoms with van der Waals surface area (Å²) < 4.78 is 5.38. The summed E-state index contributed by atoms with van der Waals surface area (Å²) in [4.78, 5) is 14.7. The zero-order valence-electron chi connectivity index (χ0n) is 10.4. The van der Waals surface area contributed by atoms with Crippen molar-refractivity contribution in [2.45, 2.75) is 19.8 Å². The van der Waals surface area contributed by atoms with E-state index in [1.54, 1.807) is 6.07 Å². The van der Waals surface area contributed by atoms with Crippen molar-refractivity contribution >= 4 is 11.5 Å². The van der Waals surface area contributed by atoms with Gasteiger partial charge in [-0.2, -0.15) is 0 Å². The third-order valence-electron chi connectivity index (χ3n) is 3.02. The molecule has 1 aliphatic heterocycles. The molecule has 18 heavy (non-hydrogen) atoms. The van der Waals surface area contributed by atoms with Crippen LogP contribution in [-0.4, -0.2) is 29.7 Å². The van der Waals surface area contributed by atoms with Crippen molar-refractivity contribution in [3.8, 4) is 0 Å². The lowest BCUT2D eigenvalue weighted by Crippen LogP contribution is -2.24. The molecule has 0 aromatic carbocycles. The molecular formula is C12H17N3O3. The number of nitro groups is 1. The van der Waals surface area contributed by atoms with Gasteiger partial charge in [-0.3, -0.25) is 10.1 Å². The Hall–Kier alpha value is -1.69. The minimum atomic E-state index is -0.411. The highest BCUT2D eigenvalue weighted by Crippen LogP contribution is 2.23. The number of ether oxygens (including phenoxy) is 1. The van der Waals surface area contributed by atoms with Crippen LogP contribution >= 0.6 is 0 Å². The van der Waals surface area contributed by atoms with Crippen LogP contribution in [0.4, 0.5) is 11.5 Å². The molecule has 0 saturated carbocycles. The third-order valence-corrected chi connectivity index (χ3v) is 3.02. The zero-order valence-corrected chi connectivity index (χ0v) is 10.4. The Morgan fingerprint density at radius 2 is 2.44 bits per heavy atom. The van der Waals surface area contributed by atoms with Gasteiger partial charge in [0.15, 0.2) is 0 Å². The van der Waals surface area contributed by atoms with Crippen LogP contribution in [0.3, 0.4) is 0 Å². The lowest BCUT2D eigenvalue weighted by molar-refractivity contribution is -0.384. The predicted octanol–water partition coefficient (Wildman–Crippen LogP) is 2.14. The van der Waals surface area contributed by atoms with Crippen molar-refractivity contribution < 1.29 is 9.66 Å². The summed E-state index contributed by atoms with van der Waals surface area (Å²) in [6.07, 6.45) is 2.14. The molecule has 1 N–H and O–H groups in total. The maximum atomic E-state index is 10.9. The number of anilines is 1. The van der Waals surface area contributed by atoms with Gasteiger partial charge in [-0.1, -0.05) is 0 Å². The summed E-state index contributed by atoms with van der Waals surface area (Å²) in [6.45, 7) is 4.02. The van der Waals surface area contributed by atoms with E-state index < -0.39 is 4.92 Å². The van der Waals surface area contributed by atoms with Crippen LogP contribution in [0.25, 0.3) is 0 Å². The van der Waals surface area contributed by atoms with Crippen molar-refractivity contribution in [2.24, 2.45) is 5.92 Å². The molecule has 2 rings (SSSR count). The normalized spacial score (nSPS) is 19.5. The van der Waals surface area contributed by atoms with E-state index >= 15 is 0 Å². The summed E-state index contributed by atoms with van der Waals surface area (Å²) in [5, 5.41) is 14.0. The number of pyridine rings is 1. The minimum absolute atomic E-state index is 0.0253. The van der Waals surface area contributed by atoms with Crippen LogP contribution < -0.4 is 5.32 Å². The molecule has 1 aromatic heterocycles. The average molecular weight is 251 g/mol. The van der Waals surface area contributed by atoms with Crippen molar-refractivity contribution in [1.29, 1.82) is 0 Å². The van der Waals surface area contributed by atoms with E-state index in [1.165, 1.54) is 6.07 Å². The van der Waals surface area contributed by atoms with Gasteiger partial charge >= 0.3 is 5.69 Å². The lowest BCUT2D eigenvalue weighted by atomic mass is 10.0. The molecule has 1 aliphatic rings. The zero-order chi connectivity index (χ0) is 13.0. The van der Waals surface area contributed by atoms with Gasteiger partial charge < -0.3 is 10.1 Å². The molecule has 1 unspecified atom stereocenters. The molecule has 1 saturated heterocycles. The standard InChI is InChI=1S/C12H17N3O3/c1-9-4-5-11(15(16)17)12(14-9)13-7-10-3-2-6-18-8-10/h4-5,10H,2-3,6-8H2,1H3,(H,13,14). The molecule has 0 spiro atoms. The van der Waals surface area contributed by atoms with Gasteiger partial charge in [-0.25, -0.2) is 4.98 Å². The van der Waals surface area contributed by atoms with E-state index in [4.69, 9.17) is 4.74 Å². The van der Waals surface area contributed by atoms with Gasteiger partial charge in [0.1, 0.15) is 0 Å². The van der Waals surface area contributed by atoms with Gasteiger partial charge in [0.05, 0.1) is 11.5 Å². The van der Waals surface area contributed by atoms with Crippen LogP contribution in [0.2, 0.25) is 0 Å². The summed E-state index contributed by atoms with van der Waals surface area (Å²) in [5.41, 5.74) is 0.792. The Morgan fingerprint density at radius 3 is 3.11 bits per heavy atom. The number of hydrogen-bond donors (Lipinski definition) is 1. The van der Waals surface area contributed by atoms with Crippen molar-refractivity contribution in [3.05, 3.63) is 27.9 Å². The molecule has 1 fully saturated rings. The number of nitrogens with zero attached hydrogens (tertiary/aromatic N) is 2. The minimum Gasteiger partial charge on any atom is -0.381 e. The second kappa shape index (κ2) is 5.77. The van der Waals surface area contributed by atoms with E-state index in [2.05, 4.69) is 10.3 Å². The highest BCUT2D eigenvalue weighted by molar-refractivity contribution is 5.56. The smallest absolute Gasteiger partial charge is 0.311 e. The first-order chi connectivity index (χ1) is 8.66. The monoisotopic (exact) mass is 251 g/mol. The first-order valence-electron chi connectivity index (χ1n) is 6.10. The van der Waals surface area contributed by atoms with E-state index in [0.29, 0.717) is 24.9 Å². The molecule has 2 heterocycles. The molecule has 0 amide bonds. The lowest BCUT2D eigenvalue weighted by Gasteiger charge is -2.22. The average Bonchev–Trinajstić information content (AvgIpc) is 2.37. The predicted molar refractivity (Wildman–Crippen MR) is 67.7 cm³/mol. The molecule has 1 aromatic rings. The molecule has 6 heteroatoms. The quantitative estimate of drug-likeness (QED) is 0.655. The van der Waals surface area contributed by atoms with E-state index in [0.717, 1.165) is 25.1 Å². The molecule has 0 bridgehead atoms. The Labute approximate surface area is 106 Å². The Balaban J connectivity index is 2.03. The van der Waals surface area contributed by atoms with Gasteiger partial charge in [-0.15, -0.1) is 0 Å². The molecule has 0 aliphatic carbocycles. The topological polar surface area (TPSA) is 77.3 Å². The van der Waals surface area contributed by atoms with E-state index in [1.807, 2.05) is 6.92 Å².